The van der Waals surface area contributed by atoms with Gasteiger partial charge in [0.15, 0.2) is 0 Å². The molecule has 2 aromatic carbocycles. The molecule has 4 rings (SSSR count). The molecule has 2 aromatic rings. The molecule has 2 saturated heterocycles. The third-order valence-corrected chi connectivity index (χ3v) is 8.77. The number of carbonyl (C=O) groups is 1. The first-order valence-corrected chi connectivity index (χ1v) is 12.9. The summed E-state index contributed by atoms with van der Waals surface area (Å²) in [5.74, 6) is -0.443. The van der Waals surface area contributed by atoms with Crippen LogP contribution in [0.3, 0.4) is 0 Å². The molecule has 0 saturated carbocycles. The first-order valence-electron chi connectivity index (χ1n) is 11.1. The first-order chi connectivity index (χ1) is 15.4. The Labute approximate surface area is 195 Å². The minimum absolute atomic E-state index is 0.0807. The highest BCUT2D eigenvalue weighted by molar-refractivity contribution is 7.89. The number of benzene rings is 2. The third kappa shape index (κ3) is 5.01. The van der Waals surface area contributed by atoms with Crippen LogP contribution in [0.5, 0.6) is 0 Å². The highest BCUT2D eigenvalue weighted by Gasteiger charge is 2.37. The Bertz CT molecular complexity index is 1020. The van der Waals surface area contributed by atoms with E-state index in [1.807, 2.05) is 18.2 Å². The average Bonchev–Trinajstić information content (AvgIpc) is 2.84. The minimum atomic E-state index is -3.66. The first kappa shape index (κ1) is 23.2. The van der Waals surface area contributed by atoms with Crippen LogP contribution in [0.25, 0.3) is 0 Å². The molecule has 6 nitrogen and oxygen atoms in total. The highest BCUT2D eigenvalue weighted by atomic mass is 35.5. The van der Waals surface area contributed by atoms with Crippen LogP contribution in [0.1, 0.15) is 31.2 Å². The van der Waals surface area contributed by atoms with Crippen LogP contribution in [0.4, 0.5) is 0 Å². The number of sulfonamides is 1. The van der Waals surface area contributed by atoms with Gasteiger partial charge in [0.25, 0.3) is 0 Å². The van der Waals surface area contributed by atoms with Gasteiger partial charge in [-0.3, -0.25) is 4.79 Å². The van der Waals surface area contributed by atoms with Gasteiger partial charge in [0.05, 0.1) is 10.8 Å². The minimum Gasteiger partial charge on any atom is -0.381 e. The molecule has 0 spiro atoms. The lowest BCUT2D eigenvalue weighted by atomic mass is 9.74. The van der Waals surface area contributed by atoms with Crippen molar-refractivity contribution in [2.24, 2.45) is 5.92 Å². The normalized spacial score (nSPS) is 21.7. The summed E-state index contributed by atoms with van der Waals surface area (Å²) in [5.41, 5.74) is 1.05. The molecule has 2 fully saturated rings. The van der Waals surface area contributed by atoms with Gasteiger partial charge in [0.2, 0.25) is 15.9 Å². The summed E-state index contributed by atoms with van der Waals surface area (Å²) in [6.45, 7) is 2.47. The number of halogens is 1. The molecule has 1 atom stereocenters. The van der Waals surface area contributed by atoms with Crippen molar-refractivity contribution in [1.29, 1.82) is 0 Å². The number of rotatable bonds is 6. The van der Waals surface area contributed by atoms with E-state index in [0.717, 1.165) is 12.8 Å². The number of hydrogen-bond acceptors (Lipinski definition) is 4. The summed E-state index contributed by atoms with van der Waals surface area (Å²) in [6.07, 6.45) is 3.03. The maximum atomic E-state index is 13.1. The van der Waals surface area contributed by atoms with E-state index in [9.17, 15) is 13.2 Å². The van der Waals surface area contributed by atoms with E-state index in [1.165, 1.54) is 22.0 Å². The van der Waals surface area contributed by atoms with Crippen LogP contribution < -0.4 is 5.32 Å². The quantitative estimate of drug-likeness (QED) is 0.691. The SMILES string of the molecule is O=C(NCC1(c2ccccc2)CCOCC1)[C@@H]1CCCN(S(=O)(=O)c2ccc(Cl)cc2)C1. The van der Waals surface area contributed by atoms with E-state index in [1.54, 1.807) is 12.1 Å². The maximum Gasteiger partial charge on any atom is 0.243 e. The Morgan fingerprint density at radius 2 is 1.78 bits per heavy atom. The lowest BCUT2D eigenvalue weighted by Crippen LogP contribution is -2.49. The Morgan fingerprint density at radius 3 is 2.47 bits per heavy atom. The number of piperidine rings is 1. The fraction of sp³-hybridized carbons (Fsp3) is 0.458. The van der Waals surface area contributed by atoms with Crippen molar-refractivity contribution in [2.75, 3.05) is 32.8 Å². The Balaban J connectivity index is 1.43. The molecule has 0 aromatic heterocycles. The number of hydrogen-bond donors (Lipinski definition) is 1. The molecule has 172 valence electrons. The van der Waals surface area contributed by atoms with Crippen molar-refractivity contribution in [2.45, 2.75) is 36.0 Å². The van der Waals surface area contributed by atoms with Crippen LogP contribution in [0.2, 0.25) is 5.02 Å². The zero-order chi connectivity index (χ0) is 22.6. The monoisotopic (exact) mass is 476 g/mol. The molecule has 2 aliphatic heterocycles. The standard InChI is InChI=1S/C24H29ClN2O4S/c25-21-8-10-22(11-9-21)32(29,30)27-14-4-5-19(17-27)23(28)26-18-24(12-15-31-16-13-24)20-6-2-1-3-7-20/h1-3,6-11,19H,4-5,12-18H2,(H,26,28)/t19-/m1/s1. The molecule has 2 aliphatic rings. The number of nitrogens with one attached hydrogen (secondary N) is 1. The van der Waals surface area contributed by atoms with E-state index < -0.39 is 10.0 Å². The van der Waals surface area contributed by atoms with Crippen LogP contribution in [0.15, 0.2) is 59.5 Å². The van der Waals surface area contributed by atoms with Gasteiger partial charge in [0.1, 0.15) is 0 Å². The molecule has 0 radical (unpaired) electrons. The molecule has 2 heterocycles. The van der Waals surface area contributed by atoms with Crippen LogP contribution in [0, 0.1) is 5.92 Å². The fourth-order valence-electron chi connectivity index (χ4n) is 4.65. The second-order valence-electron chi connectivity index (χ2n) is 8.63. The molecule has 0 aliphatic carbocycles. The second kappa shape index (κ2) is 9.91. The Morgan fingerprint density at radius 1 is 1.09 bits per heavy atom. The van der Waals surface area contributed by atoms with Gasteiger partial charge in [-0.25, -0.2) is 8.42 Å². The van der Waals surface area contributed by atoms with Gasteiger partial charge < -0.3 is 10.1 Å². The van der Waals surface area contributed by atoms with Crippen molar-refractivity contribution in [3.63, 3.8) is 0 Å². The predicted octanol–water partition coefficient (Wildman–Crippen LogP) is 3.61. The van der Waals surface area contributed by atoms with Crippen molar-refractivity contribution in [3.8, 4) is 0 Å². The zero-order valence-corrected chi connectivity index (χ0v) is 19.6. The summed E-state index contributed by atoms with van der Waals surface area (Å²) in [4.78, 5) is 13.3. The molecular formula is C24H29ClN2O4S. The fourth-order valence-corrected chi connectivity index (χ4v) is 6.30. The predicted molar refractivity (Wildman–Crippen MR) is 124 cm³/mol. The smallest absolute Gasteiger partial charge is 0.243 e. The lowest BCUT2D eigenvalue weighted by Gasteiger charge is -2.38. The van der Waals surface area contributed by atoms with Crippen molar-refractivity contribution < 1.29 is 17.9 Å². The van der Waals surface area contributed by atoms with E-state index in [0.29, 0.717) is 44.2 Å². The van der Waals surface area contributed by atoms with Gasteiger partial charge >= 0.3 is 0 Å². The molecule has 8 heteroatoms. The number of carbonyl (C=O) groups excluding carboxylic acids is 1. The Hall–Kier alpha value is -1.93. The van der Waals surface area contributed by atoms with E-state index >= 15 is 0 Å². The lowest BCUT2D eigenvalue weighted by molar-refractivity contribution is -0.126. The third-order valence-electron chi connectivity index (χ3n) is 6.64. The second-order valence-corrected chi connectivity index (χ2v) is 11.0. The van der Waals surface area contributed by atoms with Gasteiger partial charge in [-0.05, 0) is 55.5 Å². The summed E-state index contributed by atoms with van der Waals surface area (Å²) >= 11 is 5.90. The molecule has 0 bridgehead atoms. The van der Waals surface area contributed by atoms with Gasteiger partial charge in [-0.15, -0.1) is 0 Å². The summed E-state index contributed by atoms with van der Waals surface area (Å²) in [5, 5.41) is 3.63. The van der Waals surface area contributed by atoms with Crippen LogP contribution in [-0.2, 0) is 25.0 Å². The summed E-state index contributed by atoms with van der Waals surface area (Å²) < 4.78 is 33.1. The molecule has 0 unspecified atom stereocenters. The van der Waals surface area contributed by atoms with Crippen LogP contribution >= 0.6 is 11.6 Å². The average molecular weight is 477 g/mol. The largest absolute Gasteiger partial charge is 0.381 e. The Kier molecular flexibility index (Phi) is 7.20. The van der Waals surface area contributed by atoms with E-state index in [-0.39, 0.29) is 28.7 Å². The highest BCUT2D eigenvalue weighted by Crippen LogP contribution is 2.34. The van der Waals surface area contributed by atoms with Gasteiger partial charge in [-0.2, -0.15) is 4.31 Å². The number of nitrogens with zero attached hydrogens (tertiary/aromatic N) is 1. The summed E-state index contributed by atoms with van der Waals surface area (Å²) in [6, 6.07) is 16.4. The summed E-state index contributed by atoms with van der Waals surface area (Å²) in [7, 11) is -3.66. The van der Waals surface area contributed by atoms with Crippen molar-refractivity contribution in [3.05, 3.63) is 65.2 Å². The molecule has 1 amide bonds. The number of ether oxygens (including phenoxy) is 1. The molecular weight excluding hydrogens is 448 g/mol. The maximum absolute atomic E-state index is 13.1. The van der Waals surface area contributed by atoms with Crippen molar-refractivity contribution in [1.82, 2.24) is 9.62 Å². The van der Waals surface area contributed by atoms with E-state index in [2.05, 4.69) is 17.4 Å². The molecule has 1 N–H and O–H groups in total. The van der Waals surface area contributed by atoms with Crippen LogP contribution in [-0.4, -0.2) is 51.5 Å². The topological polar surface area (TPSA) is 75.7 Å². The van der Waals surface area contributed by atoms with Gasteiger partial charge in [-0.1, -0.05) is 41.9 Å². The zero-order valence-electron chi connectivity index (χ0n) is 18.0. The van der Waals surface area contributed by atoms with Crippen molar-refractivity contribution >= 4 is 27.5 Å². The molecule has 32 heavy (non-hydrogen) atoms. The number of amides is 1. The van der Waals surface area contributed by atoms with E-state index in [4.69, 9.17) is 16.3 Å². The van der Waals surface area contributed by atoms with Gasteiger partial charge in [0, 0.05) is 43.3 Å².